The first-order valence-electron chi connectivity index (χ1n) is 8.83. The lowest BCUT2D eigenvalue weighted by molar-refractivity contribution is -0.632. The molecular formula is C20H25N4O3+. The van der Waals surface area contributed by atoms with Crippen molar-refractivity contribution in [2.24, 2.45) is 0 Å². The van der Waals surface area contributed by atoms with E-state index in [1.807, 2.05) is 30.3 Å². The molecule has 142 valence electrons. The van der Waals surface area contributed by atoms with Crippen LogP contribution in [-0.2, 0) is 16.0 Å². The van der Waals surface area contributed by atoms with Gasteiger partial charge in [0.15, 0.2) is 13.1 Å². The topological polar surface area (TPSA) is 104 Å². The minimum Gasteiger partial charge on any atom is -0.354 e. The van der Waals surface area contributed by atoms with Crippen molar-refractivity contribution in [3.05, 3.63) is 65.7 Å². The number of amides is 3. The zero-order valence-electron chi connectivity index (χ0n) is 15.3. The predicted molar refractivity (Wildman–Crippen MR) is 103 cm³/mol. The lowest BCUT2D eigenvalue weighted by Gasteiger charge is -2.11. The number of hydrogen-bond donors (Lipinski definition) is 4. The van der Waals surface area contributed by atoms with Crippen LogP contribution in [0, 0.1) is 0 Å². The summed E-state index contributed by atoms with van der Waals surface area (Å²) < 4.78 is 0. The molecule has 0 bridgehead atoms. The zero-order chi connectivity index (χ0) is 19.5. The quantitative estimate of drug-likeness (QED) is 0.496. The Morgan fingerprint density at radius 1 is 0.889 bits per heavy atom. The number of carbonyl (C=O) groups is 3. The molecule has 0 radical (unpaired) electrons. The van der Waals surface area contributed by atoms with E-state index in [4.69, 9.17) is 0 Å². The van der Waals surface area contributed by atoms with Crippen molar-refractivity contribution in [2.75, 3.05) is 32.0 Å². The molecule has 0 aliphatic carbocycles. The van der Waals surface area contributed by atoms with E-state index in [0.29, 0.717) is 17.8 Å². The third-order valence-corrected chi connectivity index (χ3v) is 3.93. The fraction of sp³-hybridized carbons (Fsp3) is 0.250. The molecule has 3 amide bonds. The molecule has 0 fully saturated rings. The highest BCUT2D eigenvalue weighted by atomic mass is 16.2. The van der Waals surface area contributed by atoms with Gasteiger partial charge >= 0.3 is 0 Å². The van der Waals surface area contributed by atoms with Crippen LogP contribution in [0.2, 0.25) is 0 Å². The van der Waals surface area contributed by atoms with Gasteiger partial charge in [0, 0.05) is 13.6 Å². The Morgan fingerprint density at radius 3 is 2.30 bits per heavy atom. The van der Waals surface area contributed by atoms with Crippen LogP contribution in [0.15, 0.2) is 54.6 Å². The van der Waals surface area contributed by atoms with Crippen LogP contribution in [0.25, 0.3) is 0 Å². The van der Waals surface area contributed by atoms with Gasteiger partial charge in [-0.25, -0.2) is 0 Å². The highest BCUT2D eigenvalue weighted by Crippen LogP contribution is 2.14. The second-order valence-corrected chi connectivity index (χ2v) is 5.96. The van der Waals surface area contributed by atoms with Crippen molar-refractivity contribution in [3.63, 3.8) is 0 Å². The minimum atomic E-state index is -0.275. The Labute approximate surface area is 158 Å². The zero-order valence-corrected chi connectivity index (χ0v) is 15.3. The molecule has 5 N–H and O–H groups in total. The van der Waals surface area contributed by atoms with Gasteiger partial charge in [0.25, 0.3) is 17.7 Å². The molecule has 0 spiro atoms. The number of anilines is 1. The number of nitrogens with two attached hydrogens (primary N) is 1. The summed E-state index contributed by atoms with van der Waals surface area (Å²) in [6, 6.07) is 16.7. The van der Waals surface area contributed by atoms with Crippen LogP contribution >= 0.6 is 0 Å². The molecule has 0 heterocycles. The number of quaternary nitrogens is 1. The van der Waals surface area contributed by atoms with Gasteiger partial charge in [-0.1, -0.05) is 42.5 Å². The van der Waals surface area contributed by atoms with Crippen LogP contribution in [0.5, 0.6) is 0 Å². The third-order valence-electron chi connectivity index (χ3n) is 3.93. The lowest BCUT2D eigenvalue weighted by atomic mass is 10.1. The SMILES string of the molecule is CNC(=O)C[NH2+]CC(=O)Nc1ccccc1C(=O)NCCc1ccccc1. The Kier molecular flexibility index (Phi) is 7.99. The van der Waals surface area contributed by atoms with E-state index in [0.717, 1.165) is 12.0 Å². The molecule has 0 atom stereocenters. The normalized spacial score (nSPS) is 10.1. The van der Waals surface area contributed by atoms with E-state index >= 15 is 0 Å². The van der Waals surface area contributed by atoms with Crippen molar-refractivity contribution in [3.8, 4) is 0 Å². The lowest BCUT2D eigenvalue weighted by Crippen LogP contribution is -2.88. The van der Waals surface area contributed by atoms with Crippen molar-refractivity contribution in [1.82, 2.24) is 10.6 Å². The highest BCUT2D eigenvalue weighted by molar-refractivity contribution is 6.03. The third kappa shape index (κ3) is 6.91. The summed E-state index contributed by atoms with van der Waals surface area (Å²) in [5, 5.41) is 9.69. The summed E-state index contributed by atoms with van der Waals surface area (Å²) in [7, 11) is 1.54. The molecule has 0 saturated heterocycles. The highest BCUT2D eigenvalue weighted by Gasteiger charge is 2.14. The fourth-order valence-electron chi connectivity index (χ4n) is 2.49. The van der Waals surface area contributed by atoms with E-state index in [9.17, 15) is 14.4 Å². The first kappa shape index (κ1) is 20.1. The van der Waals surface area contributed by atoms with Gasteiger partial charge in [-0.15, -0.1) is 0 Å². The molecular weight excluding hydrogens is 344 g/mol. The molecule has 0 unspecified atom stereocenters. The van der Waals surface area contributed by atoms with Crippen molar-refractivity contribution < 1.29 is 19.7 Å². The number of nitrogens with one attached hydrogen (secondary N) is 3. The summed E-state index contributed by atoms with van der Waals surface area (Å²) in [4.78, 5) is 35.7. The van der Waals surface area contributed by atoms with Crippen molar-refractivity contribution in [1.29, 1.82) is 0 Å². The number of carbonyl (C=O) groups excluding carboxylic acids is 3. The largest absolute Gasteiger partial charge is 0.354 e. The van der Waals surface area contributed by atoms with E-state index < -0.39 is 0 Å². The number of likely N-dealkylation sites (N-methyl/N-ethyl adjacent to an activating group) is 1. The van der Waals surface area contributed by atoms with Gasteiger partial charge in [0.2, 0.25) is 0 Å². The molecule has 0 aliphatic rings. The molecule has 0 aromatic heterocycles. The molecule has 7 nitrogen and oxygen atoms in total. The summed E-state index contributed by atoms with van der Waals surface area (Å²) in [6.07, 6.45) is 0.732. The minimum absolute atomic E-state index is 0.0946. The van der Waals surface area contributed by atoms with Gasteiger partial charge in [-0.3, -0.25) is 14.4 Å². The van der Waals surface area contributed by atoms with Crippen molar-refractivity contribution >= 4 is 23.4 Å². The number of rotatable bonds is 9. The van der Waals surface area contributed by atoms with Crippen LogP contribution in [0.1, 0.15) is 15.9 Å². The number of benzene rings is 2. The fourth-order valence-corrected chi connectivity index (χ4v) is 2.49. The van der Waals surface area contributed by atoms with Crippen LogP contribution < -0.4 is 21.3 Å². The monoisotopic (exact) mass is 369 g/mol. The van der Waals surface area contributed by atoms with E-state index in [-0.39, 0.29) is 30.8 Å². The van der Waals surface area contributed by atoms with Crippen molar-refractivity contribution in [2.45, 2.75) is 6.42 Å². The second-order valence-electron chi connectivity index (χ2n) is 5.96. The van der Waals surface area contributed by atoms with E-state index in [1.54, 1.807) is 36.6 Å². The van der Waals surface area contributed by atoms with Gasteiger partial charge in [0.05, 0.1) is 11.3 Å². The average molecular weight is 369 g/mol. The molecule has 2 aromatic rings. The predicted octanol–water partition coefficient (Wildman–Crippen LogP) is -0.0930. The molecule has 2 aromatic carbocycles. The van der Waals surface area contributed by atoms with Gasteiger partial charge < -0.3 is 21.3 Å². The standard InChI is InChI=1S/C20H24N4O3/c1-21-18(25)13-22-14-19(26)24-17-10-6-5-9-16(17)20(27)23-12-11-15-7-3-2-4-8-15/h2-10,22H,11-14H2,1H3,(H,21,25)(H,23,27)(H,24,26)/p+1. The Bertz CT molecular complexity index is 778. The molecule has 0 aliphatic heterocycles. The van der Waals surface area contributed by atoms with Crippen LogP contribution in [0.4, 0.5) is 5.69 Å². The summed E-state index contributed by atoms with van der Waals surface area (Å²) >= 11 is 0. The maximum Gasteiger partial charge on any atom is 0.279 e. The molecule has 2 rings (SSSR count). The molecule has 0 saturated carbocycles. The number of para-hydroxylation sites is 1. The van der Waals surface area contributed by atoms with Gasteiger partial charge in [-0.05, 0) is 24.1 Å². The first-order valence-corrected chi connectivity index (χ1v) is 8.83. The second kappa shape index (κ2) is 10.7. The number of hydrogen-bond acceptors (Lipinski definition) is 3. The summed E-state index contributed by atoms with van der Waals surface area (Å²) in [6.45, 7) is 0.772. The summed E-state index contributed by atoms with van der Waals surface area (Å²) in [5.74, 6) is -0.666. The van der Waals surface area contributed by atoms with E-state index in [2.05, 4.69) is 16.0 Å². The first-order chi connectivity index (χ1) is 13.1. The Morgan fingerprint density at radius 2 is 1.56 bits per heavy atom. The van der Waals surface area contributed by atoms with Crippen LogP contribution in [0.3, 0.4) is 0 Å². The summed E-state index contributed by atoms with van der Waals surface area (Å²) in [5.41, 5.74) is 2.00. The van der Waals surface area contributed by atoms with Crippen LogP contribution in [-0.4, -0.2) is 44.4 Å². The maximum atomic E-state index is 12.5. The smallest absolute Gasteiger partial charge is 0.279 e. The molecule has 27 heavy (non-hydrogen) atoms. The van der Waals surface area contributed by atoms with Gasteiger partial charge in [0.1, 0.15) is 0 Å². The Balaban J connectivity index is 1.87. The molecule has 7 heteroatoms. The van der Waals surface area contributed by atoms with Gasteiger partial charge in [-0.2, -0.15) is 0 Å². The maximum absolute atomic E-state index is 12.5. The van der Waals surface area contributed by atoms with E-state index in [1.165, 1.54) is 0 Å². The average Bonchev–Trinajstić information content (AvgIpc) is 2.69. The Hall–Kier alpha value is -3.19.